The zero-order chi connectivity index (χ0) is 16.6. The summed E-state index contributed by atoms with van der Waals surface area (Å²) < 4.78 is 1.69. The van der Waals surface area contributed by atoms with Crippen LogP contribution in [0.5, 0.6) is 0 Å². The molecule has 0 saturated carbocycles. The fraction of sp³-hybridized carbons (Fsp3) is 0.125. The molecule has 0 saturated heterocycles. The number of aromatic nitrogens is 2. The Labute approximate surface area is 142 Å². The molecular formula is C16H13Cl2N3O2. The van der Waals surface area contributed by atoms with E-state index in [4.69, 9.17) is 28.3 Å². The summed E-state index contributed by atoms with van der Waals surface area (Å²) >= 11 is 12.2. The molecule has 0 atom stereocenters. The summed E-state index contributed by atoms with van der Waals surface area (Å²) in [5, 5.41) is 17.0. The van der Waals surface area contributed by atoms with Crippen molar-refractivity contribution in [1.82, 2.24) is 9.61 Å². The zero-order valence-electron chi connectivity index (χ0n) is 12.2. The Kier molecular flexibility index (Phi) is 4.15. The number of carboxylic acid groups (broad SMARTS) is 1. The number of pyridine rings is 1. The number of carbonyl (C=O) groups is 1. The van der Waals surface area contributed by atoms with Gasteiger partial charge < -0.3 is 5.11 Å². The number of hydrogen-bond acceptors (Lipinski definition) is 2. The second-order valence-corrected chi connectivity index (χ2v) is 5.78. The molecule has 2 N–H and O–H groups in total. The van der Waals surface area contributed by atoms with E-state index in [0.717, 1.165) is 11.3 Å². The van der Waals surface area contributed by atoms with Gasteiger partial charge in [0.15, 0.2) is 0 Å². The van der Waals surface area contributed by atoms with E-state index >= 15 is 0 Å². The predicted octanol–water partition coefficient (Wildman–Crippen LogP) is 4.96. The summed E-state index contributed by atoms with van der Waals surface area (Å²) in [5.41, 5.74) is 3.37. The number of amides is 1. The van der Waals surface area contributed by atoms with E-state index in [-0.39, 0.29) is 0 Å². The van der Waals surface area contributed by atoms with Crippen molar-refractivity contribution in [3.63, 3.8) is 0 Å². The first kappa shape index (κ1) is 15.6. The molecule has 2 aromatic heterocycles. The number of nitrogens with one attached hydrogen (secondary N) is 1. The monoisotopic (exact) mass is 349 g/mol. The molecule has 5 nitrogen and oxygen atoms in total. The molecule has 1 aromatic carbocycles. The van der Waals surface area contributed by atoms with Crippen molar-refractivity contribution in [1.29, 1.82) is 0 Å². The van der Waals surface area contributed by atoms with E-state index in [1.54, 1.807) is 16.6 Å². The minimum Gasteiger partial charge on any atom is -0.465 e. The van der Waals surface area contributed by atoms with Crippen LogP contribution >= 0.6 is 23.2 Å². The lowest BCUT2D eigenvalue weighted by atomic mass is 10.1. The van der Waals surface area contributed by atoms with E-state index in [9.17, 15) is 4.79 Å². The van der Waals surface area contributed by atoms with Crippen LogP contribution in [0.3, 0.4) is 0 Å². The lowest BCUT2D eigenvalue weighted by Gasteiger charge is -2.08. The summed E-state index contributed by atoms with van der Waals surface area (Å²) in [6.45, 7) is 1.92. The standard InChI is InChI=1S/C16H13Cl2N3O2/c1-2-12-15(19-16(22)23)14-5-3-4-13(21(14)20-12)10-7-6-9(17)8-11(10)18/h3-8,19H,2H2,1H3,(H,22,23). The number of aryl methyl sites for hydroxylation is 1. The van der Waals surface area contributed by atoms with Crippen LogP contribution in [-0.2, 0) is 6.42 Å². The summed E-state index contributed by atoms with van der Waals surface area (Å²) in [6.07, 6.45) is -0.519. The van der Waals surface area contributed by atoms with Crippen molar-refractivity contribution in [3.8, 4) is 11.3 Å². The highest BCUT2D eigenvalue weighted by Crippen LogP contribution is 2.33. The van der Waals surface area contributed by atoms with Gasteiger partial charge in [0.05, 0.1) is 27.6 Å². The molecule has 23 heavy (non-hydrogen) atoms. The second-order valence-electron chi connectivity index (χ2n) is 4.94. The average Bonchev–Trinajstić information content (AvgIpc) is 2.85. The lowest BCUT2D eigenvalue weighted by molar-refractivity contribution is 0.210. The van der Waals surface area contributed by atoms with Gasteiger partial charge in [0.1, 0.15) is 0 Å². The maximum absolute atomic E-state index is 11.0. The van der Waals surface area contributed by atoms with Crippen LogP contribution < -0.4 is 5.32 Å². The van der Waals surface area contributed by atoms with Gasteiger partial charge >= 0.3 is 6.09 Å². The summed E-state index contributed by atoms with van der Waals surface area (Å²) in [6, 6.07) is 10.8. The molecule has 0 fully saturated rings. The maximum Gasteiger partial charge on any atom is 0.409 e. The SMILES string of the molecule is CCc1nn2c(-c3ccc(Cl)cc3Cl)cccc2c1NC(=O)O. The molecular weight excluding hydrogens is 337 g/mol. The van der Waals surface area contributed by atoms with Crippen molar-refractivity contribution >= 4 is 40.5 Å². The summed E-state index contributed by atoms with van der Waals surface area (Å²) in [7, 11) is 0. The van der Waals surface area contributed by atoms with Crippen LogP contribution in [0.4, 0.5) is 10.5 Å². The highest BCUT2D eigenvalue weighted by atomic mass is 35.5. The number of anilines is 1. The molecule has 7 heteroatoms. The molecule has 118 valence electrons. The number of fused-ring (bicyclic) bond motifs is 1. The third-order valence-electron chi connectivity index (χ3n) is 3.50. The first-order valence-corrected chi connectivity index (χ1v) is 7.73. The van der Waals surface area contributed by atoms with Gasteiger partial charge in [-0.15, -0.1) is 0 Å². The molecule has 0 unspecified atom stereocenters. The summed E-state index contributed by atoms with van der Waals surface area (Å²) in [5.74, 6) is 0. The fourth-order valence-corrected chi connectivity index (χ4v) is 3.01. The Balaban J connectivity index is 2.27. The van der Waals surface area contributed by atoms with Gasteiger partial charge in [-0.3, -0.25) is 5.32 Å². The first-order chi connectivity index (χ1) is 11.0. The molecule has 0 aliphatic carbocycles. The smallest absolute Gasteiger partial charge is 0.409 e. The van der Waals surface area contributed by atoms with Crippen LogP contribution in [0.15, 0.2) is 36.4 Å². The normalized spacial score (nSPS) is 10.9. The Bertz CT molecular complexity index is 906. The minimum absolute atomic E-state index is 0.493. The lowest BCUT2D eigenvalue weighted by Crippen LogP contribution is -2.08. The maximum atomic E-state index is 11.0. The van der Waals surface area contributed by atoms with Crippen molar-refractivity contribution in [2.45, 2.75) is 13.3 Å². The van der Waals surface area contributed by atoms with E-state index in [1.165, 1.54) is 0 Å². The number of nitrogens with zero attached hydrogens (tertiary/aromatic N) is 2. The zero-order valence-corrected chi connectivity index (χ0v) is 13.7. The molecule has 0 aliphatic rings. The van der Waals surface area contributed by atoms with E-state index in [1.807, 2.05) is 31.2 Å². The highest BCUT2D eigenvalue weighted by Gasteiger charge is 2.17. The molecule has 2 heterocycles. The molecule has 0 radical (unpaired) electrons. The summed E-state index contributed by atoms with van der Waals surface area (Å²) in [4.78, 5) is 11.0. The van der Waals surface area contributed by atoms with Gasteiger partial charge in [-0.05, 0) is 36.8 Å². The van der Waals surface area contributed by atoms with Gasteiger partial charge in [-0.1, -0.05) is 36.2 Å². The Morgan fingerprint density at radius 1 is 1.30 bits per heavy atom. The van der Waals surface area contributed by atoms with E-state index in [0.29, 0.717) is 33.4 Å². The van der Waals surface area contributed by atoms with Gasteiger partial charge in [-0.2, -0.15) is 5.10 Å². The van der Waals surface area contributed by atoms with Gasteiger partial charge in [0.25, 0.3) is 0 Å². The molecule has 3 aromatic rings. The van der Waals surface area contributed by atoms with Crippen LogP contribution in [-0.4, -0.2) is 20.8 Å². The molecule has 0 bridgehead atoms. The van der Waals surface area contributed by atoms with Gasteiger partial charge in [0, 0.05) is 10.6 Å². The number of rotatable bonds is 3. The van der Waals surface area contributed by atoms with Gasteiger partial charge in [-0.25, -0.2) is 9.31 Å². The fourth-order valence-electron chi connectivity index (χ4n) is 2.51. The van der Waals surface area contributed by atoms with E-state index < -0.39 is 6.09 Å². The van der Waals surface area contributed by atoms with Crippen molar-refractivity contribution < 1.29 is 9.90 Å². The Morgan fingerprint density at radius 3 is 2.74 bits per heavy atom. The van der Waals surface area contributed by atoms with E-state index in [2.05, 4.69) is 10.4 Å². The Hall–Kier alpha value is -2.24. The largest absolute Gasteiger partial charge is 0.465 e. The van der Waals surface area contributed by atoms with Crippen LogP contribution in [0, 0.1) is 0 Å². The molecule has 0 aliphatic heterocycles. The van der Waals surface area contributed by atoms with Crippen molar-refractivity contribution in [3.05, 3.63) is 52.1 Å². The molecule has 0 spiro atoms. The van der Waals surface area contributed by atoms with Crippen LogP contribution in [0.1, 0.15) is 12.6 Å². The van der Waals surface area contributed by atoms with Gasteiger partial charge in [0.2, 0.25) is 0 Å². The van der Waals surface area contributed by atoms with Crippen LogP contribution in [0.25, 0.3) is 16.8 Å². The average molecular weight is 350 g/mol. The third-order valence-corrected chi connectivity index (χ3v) is 4.05. The topological polar surface area (TPSA) is 66.6 Å². The first-order valence-electron chi connectivity index (χ1n) is 6.97. The highest BCUT2D eigenvalue weighted by molar-refractivity contribution is 6.36. The second kappa shape index (κ2) is 6.10. The Morgan fingerprint density at radius 2 is 2.09 bits per heavy atom. The van der Waals surface area contributed by atoms with Crippen molar-refractivity contribution in [2.24, 2.45) is 0 Å². The predicted molar refractivity (Wildman–Crippen MR) is 91.7 cm³/mol. The molecule has 1 amide bonds. The van der Waals surface area contributed by atoms with Crippen LogP contribution in [0.2, 0.25) is 10.0 Å². The number of hydrogen-bond donors (Lipinski definition) is 2. The molecule has 3 rings (SSSR count). The van der Waals surface area contributed by atoms with Crippen molar-refractivity contribution in [2.75, 3.05) is 5.32 Å². The number of benzene rings is 1. The third kappa shape index (κ3) is 2.85. The quantitative estimate of drug-likeness (QED) is 0.702. The number of halogens is 2. The minimum atomic E-state index is -1.12.